The highest BCUT2D eigenvalue weighted by Crippen LogP contribution is 2.37. The molecule has 51 heavy (non-hydrogen) atoms. The fourth-order valence-corrected chi connectivity index (χ4v) is 7.27. The highest BCUT2D eigenvalue weighted by molar-refractivity contribution is 6.31. The van der Waals surface area contributed by atoms with Gasteiger partial charge in [0.05, 0.1) is 29.9 Å². The van der Waals surface area contributed by atoms with Gasteiger partial charge < -0.3 is 25.4 Å². The first-order valence-corrected chi connectivity index (χ1v) is 17.7. The first-order valence-electron chi connectivity index (χ1n) is 17.3. The lowest BCUT2D eigenvalue weighted by molar-refractivity contribution is -0.139. The molecule has 7 rings (SSSR count). The summed E-state index contributed by atoms with van der Waals surface area (Å²) in [5, 5.41) is 6.74. The van der Waals surface area contributed by atoms with Crippen molar-refractivity contribution in [1.82, 2.24) is 35.4 Å². The van der Waals surface area contributed by atoms with E-state index in [0.717, 1.165) is 16.5 Å². The Morgan fingerprint density at radius 3 is 2.43 bits per heavy atom. The maximum absolute atomic E-state index is 13.6. The standard InChI is InChI=1S/C30H30ClN7O4.C9H12/c1-32-27(39)12-36-29(41)23-16-37(28(40)9-18-11-35-25-10-20(31)3-4-21(18)25)13-19-14-38(15-22(19)23)30(42)17-2-5-24-26(8-17)34-7-6-33-24;1-2-6-9-7-4-3-5-8-9/h2-8,10-11,19,22-23,35H,9,12-16H2,1H3,(H,32,39)(H,36,41);3-5,7-8H,2,6H2,1H3. The van der Waals surface area contributed by atoms with Crippen molar-refractivity contribution in [3.05, 3.63) is 107 Å². The maximum Gasteiger partial charge on any atom is 0.253 e. The van der Waals surface area contributed by atoms with Gasteiger partial charge in [0, 0.05) is 73.3 Å². The largest absolute Gasteiger partial charge is 0.361 e. The molecule has 5 aromatic rings. The summed E-state index contributed by atoms with van der Waals surface area (Å²) in [7, 11) is 1.50. The molecule has 0 saturated carbocycles. The van der Waals surface area contributed by atoms with Gasteiger partial charge in [0.15, 0.2) is 0 Å². The second-order valence-electron chi connectivity index (χ2n) is 13.1. The highest BCUT2D eigenvalue weighted by atomic mass is 35.5. The van der Waals surface area contributed by atoms with Crippen LogP contribution in [0.4, 0.5) is 0 Å². The van der Waals surface area contributed by atoms with Crippen LogP contribution in [0, 0.1) is 17.8 Å². The summed E-state index contributed by atoms with van der Waals surface area (Å²) in [4.78, 5) is 67.6. The van der Waals surface area contributed by atoms with Crippen LogP contribution in [0.1, 0.15) is 34.8 Å². The van der Waals surface area contributed by atoms with Gasteiger partial charge in [-0.05, 0) is 59.7 Å². The van der Waals surface area contributed by atoms with Crippen LogP contribution in [0.25, 0.3) is 21.9 Å². The molecule has 2 aromatic heterocycles. The molecule has 2 fully saturated rings. The summed E-state index contributed by atoms with van der Waals surface area (Å²) in [5.74, 6) is -1.70. The first kappa shape index (κ1) is 35.5. The van der Waals surface area contributed by atoms with Crippen LogP contribution in [-0.4, -0.2) is 88.2 Å². The van der Waals surface area contributed by atoms with Gasteiger partial charge in [-0.1, -0.05) is 61.3 Å². The third-order valence-corrected chi connectivity index (χ3v) is 9.96. The molecule has 264 valence electrons. The Morgan fingerprint density at radius 1 is 0.902 bits per heavy atom. The molecule has 0 radical (unpaired) electrons. The summed E-state index contributed by atoms with van der Waals surface area (Å²) in [6.07, 6.45) is 7.60. The van der Waals surface area contributed by atoms with Crippen molar-refractivity contribution >= 4 is 57.2 Å². The molecule has 4 heterocycles. The SMILES string of the molecule is CCCc1ccccc1.CNC(=O)CNC(=O)C1CN(C(=O)Cc2c[nH]c3cc(Cl)ccc23)CC2CN(C(=O)c3ccc4nccnc4c3)CC21. The second-order valence-corrected chi connectivity index (χ2v) is 13.5. The summed E-state index contributed by atoms with van der Waals surface area (Å²) in [5.41, 5.74) is 4.96. The fraction of sp³-hybridized carbons (Fsp3) is 0.333. The van der Waals surface area contributed by atoms with E-state index >= 15 is 0 Å². The van der Waals surface area contributed by atoms with Crippen molar-refractivity contribution in [2.45, 2.75) is 26.2 Å². The Morgan fingerprint density at radius 2 is 1.67 bits per heavy atom. The van der Waals surface area contributed by atoms with Crippen LogP contribution in [0.3, 0.4) is 0 Å². The minimum absolute atomic E-state index is 0.0931. The van der Waals surface area contributed by atoms with Crippen LogP contribution in [-0.2, 0) is 27.2 Å². The number of hydrogen-bond acceptors (Lipinski definition) is 6. The fourth-order valence-electron chi connectivity index (χ4n) is 7.10. The third-order valence-electron chi connectivity index (χ3n) is 9.73. The Hall–Kier alpha value is -5.29. The summed E-state index contributed by atoms with van der Waals surface area (Å²) < 4.78 is 0. The van der Waals surface area contributed by atoms with Gasteiger partial charge in [-0.25, -0.2) is 0 Å². The van der Waals surface area contributed by atoms with Crippen molar-refractivity contribution in [3.63, 3.8) is 0 Å². The van der Waals surface area contributed by atoms with Gasteiger partial charge in [-0.2, -0.15) is 0 Å². The van der Waals surface area contributed by atoms with Crippen molar-refractivity contribution in [1.29, 1.82) is 0 Å². The predicted molar refractivity (Wildman–Crippen MR) is 197 cm³/mol. The molecule has 11 nitrogen and oxygen atoms in total. The lowest BCUT2D eigenvalue weighted by Gasteiger charge is -2.39. The van der Waals surface area contributed by atoms with Crippen LogP contribution in [0.2, 0.25) is 5.02 Å². The Labute approximate surface area is 301 Å². The Balaban J connectivity index is 0.000000435. The molecule has 3 unspecified atom stereocenters. The van der Waals surface area contributed by atoms with Crippen LogP contribution in [0.5, 0.6) is 0 Å². The van der Waals surface area contributed by atoms with E-state index in [2.05, 4.69) is 62.8 Å². The van der Waals surface area contributed by atoms with E-state index in [-0.39, 0.29) is 55.0 Å². The number of aryl methyl sites for hydroxylation is 1. The number of halogens is 1. The van der Waals surface area contributed by atoms with E-state index in [4.69, 9.17) is 11.6 Å². The van der Waals surface area contributed by atoms with Gasteiger partial charge in [-0.3, -0.25) is 29.1 Å². The maximum atomic E-state index is 13.6. The molecule has 3 aromatic carbocycles. The van der Waals surface area contributed by atoms with E-state index in [0.29, 0.717) is 41.3 Å². The van der Waals surface area contributed by atoms with Crippen molar-refractivity contribution < 1.29 is 19.2 Å². The summed E-state index contributed by atoms with van der Waals surface area (Å²) >= 11 is 6.11. The number of amides is 4. The molecule has 4 amide bonds. The van der Waals surface area contributed by atoms with E-state index in [1.807, 2.05) is 18.3 Å². The number of likely N-dealkylation sites (tertiary alicyclic amines) is 2. The van der Waals surface area contributed by atoms with Gasteiger partial charge in [0.2, 0.25) is 17.7 Å². The number of nitrogens with zero attached hydrogens (tertiary/aromatic N) is 4. The Kier molecular flexibility index (Phi) is 11.3. The second kappa shape index (κ2) is 16.2. The number of carbonyl (C=O) groups excluding carboxylic acids is 4. The molecule has 12 heteroatoms. The Bertz CT molecular complexity index is 2030. The van der Waals surface area contributed by atoms with Gasteiger partial charge in [0.25, 0.3) is 5.91 Å². The number of aromatic nitrogens is 3. The average Bonchev–Trinajstić information content (AvgIpc) is 3.77. The topological polar surface area (TPSA) is 140 Å². The quantitative estimate of drug-likeness (QED) is 0.215. The molecule has 2 saturated heterocycles. The summed E-state index contributed by atoms with van der Waals surface area (Å²) in [6, 6.07) is 21.3. The van der Waals surface area contributed by atoms with Gasteiger partial charge in [-0.15, -0.1) is 0 Å². The van der Waals surface area contributed by atoms with E-state index in [9.17, 15) is 19.2 Å². The number of aromatic amines is 1. The number of rotatable bonds is 8. The monoisotopic (exact) mass is 707 g/mol. The van der Waals surface area contributed by atoms with Crippen LogP contribution >= 0.6 is 11.6 Å². The molecule has 3 N–H and O–H groups in total. The van der Waals surface area contributed by atoms with Crippen LogP contribution < -0.4 is 10.6 Å². The minimum atomic E-state index is -0.570. The average molecular weight is 708 g/mol. The van der Waals surface area contributed by atoms with Crippen molar-refractivity contribution in [3.8, 4) is 0 Å². The zero-order chi connectivity index (χ0) is 35.9. The van der Waals surface area contributed by atoms with E-state index < -0.39 is 5.92 Å². The third kappa shape index (κ3) is 8.37. The van der Waals surface area contributed by atoms with E-state index in [1.165, 1.54) is 25.5 Å². The molecule has 0 bridgehead atoms. The molecule has 2 aliphatic rings. The summed E-state index contributed by atoms with van der Waals surface area (Å²) in [6.45, 7) is 3.48. The number of likely N-dealkylation sites (N-methyl/N-ethyl adjacent to an activating group) is 1. The number of piperidine rings is 1. The number of nitrogens with one attached hydrogen (secondary N) is 3. The zero-order valence-corrected chi connectivity index (χ0v) is 29.5. The zero-order valence-electron chi connectivity index (χ0n) is 28.8. The molecule has 3 atom stereocenters. The highest BCUT2D eigenvalue weighted by Gasteiger charge is 2.47. The van der Waals surface area contributed by atoms with E-state index in [1.54, 1.807) is 46.5 Å². The number of hydrogen-bond donors (Lipinski definition) is 3. The molecular weight excluding hydrogens is 666 g/mol. The van der Waals surface area contributed by atoms with Gasteiger partial charge in [0.1, 0.15) is 0 Å². The molecule has 2 aliphatic heterocycles. The number of benzene rings is 3. The van der Waals surface area contributed by atoms with Crippen molar-refractivity contribution in [2.75, 3.05) is 39.8 Å². The van der Waals surface area contributed by atoms with Crippen LogP contribution in [0.15, 0.2) is 85.3 Å². The first-order chi connectivity index (χ1) is 24.7. The number of H-pyrrole nitrogens is 1. The molecule has 0 spiro atoms. The number of fused-ring (bicyclic) bond motifs is 3. The number of carbonyl (C=O) groups is 4. The van der Waals surface area contributed by atoms with Gasteiger partial charge >= 0.3 is 0 Å². The predicted octanol–water partition coefficient (Wildman–Crippen LogP) is 4.66. The lowest BCUT2D eigenvalue weighted by atomic mass is 9.79. The van der Waals surface area contributed by atoms with Crippen molar-refractivity contribution in [2.24, 2.45) is 17.8 Å². The normalized spacial score (nSPS) is 18.1. The molecular formula is C39H42ClN7O4. The lowest BCUT2D eigenvalue weighted by Crippen LogP contribution is -2.54. The minimum Gasteiger partial charge on any atom is -0.361 e. The smallest absolute Gasteiger partial charge is 0.253 e. The molecule has 0 aliphatic carbocycles.